The van der Waals surface area contributed by atoms with Crippen LogP contribution in [-0.4, -0.2) is 22.8 Å². The second kappa shape index (κ2) is 6.98. The van der Waals surface area contributed by atoms with Crippen molar-refractivity contribution in [1.29, 1.82) is 0 Å². The summed E-state index contributed by atoms with van der Waals surface area (Å²) in [6.07, 6.45) is 1.87. The average molecular weight is 273 g/mol. The van der Waals surface area contributed by atoms with Crippen molar-refractivity contribution in [1.82, 2.24) is 4.31 Å². The highest BCUT2D eigenvalue weighted by atomic mass is 127. The second-order valence-corrected chi connectivity index (χ2v) is 3.54. The second-order valence-electron chi connectivity index (χ2n) is 1.37. The first kappa shape index (κ1) is 9.87. The lowest BCUT2D eigenvalue weighted by Gasteiger charge is -2.10. The van der Waals surface area contributed by atoms with Crippen molar-refractivity contribution in [3.05, 3.63) is 12.7 Å². The lowest BCUT2D eigenvalue weighted by atomic mass is 10.6. The molecule has 0 amide bonds. The quantitative estimate of drug-likeness (QED) is 0.328. The Labute approximate surface area is 77.6 Å². The van der Waals surface area contributed by atoms with Gasteiger partial charge in [-0.25, -0.2) is 4.31 Å². The topological polar surface area (TPSA) is 3.24 Å². The number of rotatable bonds is 5. The van der Waals surface area contributed by atoms with Crippen LogP contribution < -0.4 is 0 Å². The molecule has 52 valence electrons. The van der Waals surface area contributed by atoms with Gasteiger partial charge in [-0.3, -0.25) is 0 Å². The van der Waals surface area contributed by atoms with Crippen molar-refractivity contribution in [2.24, 2.45) is 0 Å². The Kier molecular flexibility index (Phi) is 7.66. The molecule has 0 fully saturated rings. The fraction of sp³-hybridized carbons (Fsp3) is 0.400. The van der Waals surface area contributed by atoms with E-state index in [0.29, 0.717) is 0 Å². The number of nitrogens with zero attached hydrogens (tertiary/aromatic N) is 1. The Morgan fingerprint density at radius 1 is 1.67 bits per heavy atom. The molecule has 0 radical (unpaired) electrons. The van der Waals surface area contributed by atoms with Gasteiger partial charge in [0.15, 0.2) is 0 Å². The van der Waals surface area contributed by atoms with Crippen molar-refractivity contribution >= 4 is 47.9 Å². The van der Waals surface area contributed by atoms with Gasteiger partial charge in [0, 0.05) is 34.3 Å². The van der Waals surface area contributed by atoms with Crippen LogP contribution in [-0.2, 0) is 0 Å². The highest BCUT2D eigenvalue weighted by Crippen LogP contribution is 2.16. The van der Waals surface area contributed by atoms with E-state index in [-0.39, 0.29) is 0 Å². The lowest BCUT2D eigenvalue weighted by molar-refractivity contribution is 0.610. The first-order valence-corrected chi connectivity index (χ1v) is 6.22. The van der Waals surface area contributed by atoms with Crippen LogP contribution in [0.2, 0.25) is 0 Å². The maximum Gasteiger partial charge on any atom is 0.0384 e. The molecule has 0 aromatic rings. The van der Waals surface area contributed by atoms with Crippen molar-refractivity contribution in [2.45, 2.75) is 0 Å². The van der Waals surface area contributed by atoms with Gasteiger partial charge in [0.2, 0.25) is 0 Å². The molecule has 4 heteroatoms. The van der Waals surface area contributed by atoms with E-state index in [4.69, 9.17) is 12.2 Å². The molecular weight excluding hydrogens is 265 g/mol. The van der Waals surface area contributed by atoms with E-state index in [9.17, 15) is 0 Å². The molecule has 0 aliphatic rings. The molecule has 9 heavy (non-hydrogen) atoms. The maximum atomic E-state index is 4.69. The van der Waals surface area contributed by atoms with E-state index in [1.54, 1.807) is 14.5 Å². The first-order chi connectivity index (χ1) is 4.35. The van der Waals surface area contributed by atoms with Crippen LogP contribution in [0.4, 0.5) is 0 Å². The van der Waals surface area contributed by atoms with Crippen LogP contribution >= 0.6 is 42.5 Å². The zero-order valence-corrected chi connectivity index (χ0v) is 8.71. The summed E-state index contributed by atoms with van der Waals surface area (Å²) in [5.41, 5.74) is 0. The summed E-state index contributed by atoms with van der Waals surface area (Å²) in [4.78, 5) is 0. The molecular formula is C5H8INS2. The summed E-state index contributed by atoms with van der Waals surface area (Å²) in [5, 5.41) is 1.72. The Balaban J connectivity index is 3.39. The van der Waals surface area contributed by atoms with Gasteiger partial charge in [0.1, 0.15) is 0 Å². The third kappa shape index (κ3) is 5.32. The third-order valence-electron chi connectivity index (χ3n) is 0.708. The van der Waals surface area contributed by atoms with Crippen LogP contribution in [0, 0.1) is 0 Å². The summed E-state index contributed by atoms with van der Waals surface area (Å²) in [7, 11) is 1.65. The Morgan fingerprint density at radius 2 is 2.33 bits per heavy atom. The van der Waals surface area contributed by atoms with Crippen LogP contribution in [0.5, 0.6) is 0 Å². The fourth-order valence-corrected chi connectivity index (χ4v) is 1.89. The average Bonchev–Trinajstić information content (AvgIpc) is 1.88. The molecule has 0 aromatic carbocycles. The molecule has 0 heterocycles. The Hall–Kier alpha value is 0.870. The molecule has 0 rings (SSSR count). The molecule has 0 saturated carbocycles. The van der Waals surface area contributed by atoms with E-state index < -0.39 is 0 Å². The molecule has 0 aromatic heterocycles. The van der Waals surface area contributed by atoms with Crippen LogP contribution in [0.15, 0.2) is 12.7 Å². The first-order valence-electron chi connectivity index (χ1n) is 2.43. The minimum atomic E-state index is 0.842. The zero-order chi connectivity index (χ0) is 7.11. The maximum absolute atomic E-state index is 4.69. The molecule has 0 unspecified atom stereocenters. The van der Waals surface area contributed by atoms with Gasteiger partial charge >= 0.3 is 0 Å². The predicted octanol–water partition coefficient (Wildman–Crippen LogP) is 2.47. The van der Waals surface area contributed by atoms with Crippen molar-refractivity contribution < 1.29 is 0 Å². The number of hydrogen-bond donors (Lipinski definition) is 0. The third-order valence-corrected chi connectivity index (χ3v) is 3.02. The Bertz CT molecular complexity index is 87.0. The van der Waals surface area contributed by atoms with Crippen molar-refractivity contribution in [2.75, 3.05) is 13.1 Å². The molecule has 0 N–H and O–H groups in total. The SMILES string of the molecule is C=CCN(CC=S)SI. The van der Waals surface area contributed by atoms with Gasteiger partial charge in [0.25, 0.3) is 0 Å². The van der Waals surface area contributed by atoms with Gasteiger partial charge in [-0.05, 0) is 14.5 Å². The van der Waals surface area contributed by atoms with Gasteiger partial charge < -0.3 is 0 Å². The Morgan fingerprint density at radius 3 is 2.67 bits per heavy atom. The van der Waals surface area contributed by atoms with Gasteiger partial charge in [-0.1, -0.05) is 18.3 Å². The van der Waals surface area contributed by atoms with E-state index in [1.807, 2.05) is 6.08 Å². The zero-order valence-electron chi connectivity index (χ0n) is 4.92. The number of thiocarbonyl (C=S) groups is 1. The molecule has 0 atom stereocenters. The normalized spacial score (nSPS) is 9.56. The lowest BCUT2D eigenvalue weighted by Crippen LogP contribution is -2.15. The highest BCUT2D eigenvalue weighted by molar-refractivity contribution is 14.2. The van der Waals surface area contributed by atoms with E-state index in [1.165, 1.54) is 0 Å². The van der Waals surface area contributed by atoms with E-state index in [0.717, 1.165) is 13.1 Å². The molecule has 0 aliphatic heterocycles. The smallest absolute Gasteiger partial charge is 0.0384 e. The van der Waals surface area contributed by atoms with Crippen LogP contribution in [0.1, 0.15) is 0 Å². The minimum Gasteiger partial charge on any atom is -0.233 e. The monoisotopic (exact) mass is 273 g/mol. The molecule has 0 saturated heterocycles. The summed E-state index contributed by atoms with van der Waals surface area (Å²) >= 11 is 6.92. The van der Waals surface area contributed by atoms with Crippen molar-refractivity contribution in [3.63, 3.8) is 0 Å². The largest absolute Gasteiger partial charge is 0.233 e. The summed E-state index contributed by atoms with van der Waals surface area (Å²) in [6, 6.07) is 0. The predicted molar refractivity (Wildman–Crippen MR) is 57.0 cm³/mol. The number of hydrogen-bond acceptors (Lipinski definition) is 3. The summed E-state index contributed by atoms with van der Waals surface area (Å²) in [5.74, 6) is 0. The van der Waals surface area contributed by atoms with E-state index in [2.05, 4.69) is 32.1 Å². The standard InChI is InChI=1S/C5H8INS2/c1-2-3-7(9-6)4-5-8/h2,5H,1,3-4H2. The molecule has 0 bridgehead atoms. The van der Waals surface area contributed by atoms with Gasteiger partial charge in [-0.15, -0.1) is 6.58 Å². The number of halogens is 1. The van der Waals surface area contributed by atoms with Crippen molar-refractivity contribution in [3.8, 4) is 0 Å². The van der Waals surface area contributed by atoms with Crippen LogP contribution in [0.25, 0.3) is 0 Å². The summed E-state index contributed by atoms with van der Waals surface area (Å²) in [6.45, 7) is 5.36. The van der Waals surface area contributed by atoms with Gasteiger partial charge in [0.05, 0.1) is 0 Å². The highest BCUT2D eigenvalue weighted by Gasteiger charge is 1.95. The van der Waals surface area contributed by atoms with Crippen LogP contribution in [0.3, 0.4) is 0 Å². The van der Waals surface area contributed by atoms with Gasteiger partial charge in [-0.2, -0.15) is 0 Å². The molecule has 0 spiro atoms. The molecule has 0 aliphatic carbocycles. The van der Waals surface area contributed by atoms with E-state index >= 15 is 0 Å². The summed E-state index contributed by atoms with van der Waals surface area (Å²) < 4.78 is 2.11. The molecule has 1 nitrogen and oxygen atoms in total. The minimum absolute atomic E-state index is 0.842. The fourth-order valence-electron chi connectivity index (χ4n) is 0.358.